The molecule has 0 aliphatic carbocycles. The van der Waals surface area contributed by atoms with E-state index in [1.165, 1.54) is 5.56 Å². The number of ether oxygens (including phenoxy) is 1. The van der Waals surface area contributed by atoms with Crippen LogP contribution in [0.5, 0.6) is 5.75 Å². The number of carbonyl (C=O) groups is 1. The van der Waals surface area contributed by atoms with Gasteiger partial charge in [0.2, 0.25) is 5.91 Å². The van der Waals surface area contributed by atoms with Gasteiger partial charge in [0.25, 0.3) is 0 Å². The van der Waals surface area contributed by atoms with Gasteiger partial charge in [-0.05, 0) is 43.9 Å². The number of piperazine rings is 1. The molecule has 0 radical (unpaired) electrons. The average Bonchev–Trinajstić information content (AvgIpc) is 3.17. The number of anilines is 1. The van der Waals surface area contributed by atoms with E-state index in [1.54, 1.807) is 11.8 Å². The highest BCUT2D eigenvalue weighted by Gasteiger charge is 2.24. The Kier molecular flexibility index (Phi) is 6.34. The number of nitrogens with zero attached hydrogens (tertiary/aromatic N) is 6. The van der Waals surface area contributed by atoms with E-state index in [1.807, 2.05) is 37.2 Å². The Balaban J connectivity index is 1.25. The van der Waals surface area contributed by atoms with E-state index in [0.29, 0.717) is 6.42 Å². The van der Waals surface area contributed by atoms with Crippen LogP contribution in [0.15, 0.2) is 30.5 Å². The molecule has 31 heavy (non-hydrogen) atoms. The number of carbonyl (C=O) groups excluding carboxylic acids is 1. The van der Waals surface area contributed by atoms with Crippen LogP contribution in [0.3, 0.4) is 0 Å². The molecule has 0 saturated carbocycles. The van der Waals surface area contributed by atoms with Crippen molar-refractivity contribution in [1.29, 1.82) is 0 Å². The lowest BCUT2D eigenvalue weighted by molar-refractivity contribution is -0.131. The smallest absolute Gasteiger partial charge is 0.222 e. The predicted octanol–water partition coefficient (Wildman–Crippen LogP) is 2.74. The van der Waals surface area contributed by atoms with Crippen molar-refractivity contribution < 1.29 is 9.53 Å². The first-order chi connectivity index (χ1) is 15.0. The summed E-state index contributed by atoms with van der Waals surface area (Å²) in [6.45, 7) is 4.90. The predicted molar refractivity (Wildman–Crippen MR) is 120 cm³/mol. The molecule has 3 heterocycles. The Hall–Kier alpha value is -3.16. The third kappa shape index (κ3) is 4.78. The average molecular weight is 423 g/mol. The molecule has 1 aliphatic heterocycles. The van der Waals surface area contributed by atoms with Crippen LogP contribution in [0, 0.1) is 6.92 Å². The van der Waals surface area contributed by atoms with Gasteiger partial charge in [0.1, 0.15) is 17.4 Å². The highest BCUT2D eigenvalue weighted by Crippen LogP contribution is 2.24. The molecule has 8 nitrogen and oxygen atoms in total. The van der Waals surface area contributed by atoms with Gasteiger partial charge < -0.3 is 14.5 Å². The molecule has 0 bridgehead atoms. The van der Waals surface area contributed by atoms with E-state index in [0.717, 1.165) is 73.9 Å². The lowest BCUT2D eigenvalue weighted by Gasteiger charge is -2.35. The summed E-state index contributed by atoms with van der Waals surface area (Å²) in [6, 6.07) is 8.15. The standard InChI is InChI=1S/C23H30N6O2/c1-17-25-22-20(16-24-27(22)2)23(26-17)29-14-12-28(13-15-29)21(30)7-5-4-6-18-8-10-19(31-3)11-9-18/h8-11,16H,4-7,12-15H2,1-3H3. The molecular formula is C23H30N6O2. The van der Waals surface area contributed by atoms with Crippen molar-refractivity contribution in [3.8, 4) is 5.75 Å². The molecule has 8 heteroatoms. The number of methoxy groups -OCH3 is 1. The molecule has 1 fully saturated rings. The van der Waals surface area contributed by atoms with E-state index in [4.69, 9.17) is 4.74 Å². The summed E-state index contributed by atoms with van der Waals surface area (Å²) >= 11 is 0. The zero-order chi connectivity index (χ0) is 21.8. The first kappa shape index (κ1) is 21.1. The highest BCUT2D eigenvalue weighted by atomic mass is 16.5. The monoisotopic (exact) mass is 422 g/mol. The van der Waals surface area contributed by atoms with Crippen LogP contribution in [0.4, 0.5) is 5.82 Å². The molecule has 164 valence electrons. The number of amides is 1. The van der Waals surface area contributed by atoms with Gasteiger partial charge in [-0.2, -0.15) is 5.10 Å². The Morgan fingerprint density at radius 2 is 1.81 bits per heavy atom. The molecule has 1 aromatic carbocycles. The Bertz CT molecular complexity index is 1040. The van der Waals surface area contributed by atoms with Crippen molar-refractivity contribution >= 4 is 22.8 Å². The minimum Gasteiger partial charge on any atom is -0.497 e. The number of benzene rings is 1. The summed E-state index contributed by atoms with van der Waals surface area (Å²) < 4.78 is 6.97. The summed E-state index contributed by atoms with van der Waals surface area (Å²) in [6.07, 6.45) is 5.34. The van der Waals surface area contributed by atoms with Crippen LogP contribution in [-0.2, 0) is 18.3 Å². The van der Waals surface area contributed by atoms with Crippen LogP contribution in [0.2, 0.25) is 0 Å². The fourth-order valence-corrected chi connectivity index (χ4v) is 4.08. The number of rotatable bonds is 7. The molecule has 0 unspecified atom stereocenters. The molecule has 0 N–H and O–H groups in total. The lowest BCUT2D eigenvalue weighted by Crippen LogP contribution is -2.49. The maximum atomic E-state index is 12.7. The highest BCUT2D eigenvalue weighted by molar-refractivity contribution is 5.87. The number of aryl methyl sites for hydroxylation is 3. The third-order valence-corrected chi connectivity index (χ3v) is 5.88. The van der Waals surface area contributed by atoms with Crippen molar-refractivity contribution in [2.45, 2.75) is 32.6 Å². The van der Waals surface area contributed by atoms with Crippen molar-refractivity contribution in [2.24, 2.45) is 7.05 Å². The zero-order valence-electron chi connectivity index (χ0n) is 18.5. The summed E-state index contributed by atoms with van der Waals surface area (Å²) in [4.78, 5) is 26.0. The topological polar surface area (TPSA) is 76.4 Å². The summed E-state index contributed by atoms with van der Waals surface area (Å²) in [5.41, 5.74) is 2.13. The number of fused-ring (bicyclic) bond motifs is 1. The van der Waals surface area contributed by atoms with Gasteiger partial charge in [0.15, 0.2) is 5.65 Å². The quantitative estimate of drug-likeness (QED) is 0.545. The first-order valence-electron chi connectivity index (χ1n) is 10.9. The van der Waals surface area contributed by atoms with E-state index in [9.17, 15) is 4.79 Å². The maximum Gasteiger partial charge on any atom is 0.222 e. The number of hydrogen-bond acceptors (Lipinski definition) is 6. The molecule has 1 amide bonds. The third-order valence-electron chi connectivity index (χ3n) is 5.88. The largest absolute Gasteiger partial charge is 0.497 e. The summed E-state index contributed by atoms with van der Waals surface area (Å²) in [7, 11) is 3.57. The van der Waals surface area contributed by atoms with E-state index < -0.39 is 0 Å². The van der Waals surface area contributed by atoms with Gasteiger partial charge in [0, 0.05) is 39.6 Å². The van der Waals surface area contributed by atoms with Crippen molar-refractivity contribution in [2.75, 3.05) is 38.2 Å². The van der Waals surface area contributed by atoms with Gasteiger partial charge >= 0.3 is 0 Å². The molecule has 1 aliphatic rings. The van der Waals surface area contributed by atoms with Crippen LogP contribution < -0.4 is 9.64 Å². The zero-order valence-corrected chi connectivity index (χ0v) is 18.5. The Labute approximate surface area is 182 Å². The number of hydrogen-bond donors (Lipinski definition) is 0. The second kappa shape index (κ2) is 9.32. The van der Waals surface area contributed by atoms with E-state index >= 15 is 0 Å². The Morgan fingerprint density at radius 3 is 2.52 bits per heavy atom. The second-order valence-corrected chi connectivity index (χ2v) is 8.02. The first-order valence-corrected chi connectivity index (χ1v) is 10.9. The molecule has 4 rings (SSSR count). The van der Waals surface area contributed by atoms with E-state index in [2.05, 4.69) is 32.1 Å². The SMILES string of the molecule is COc1ccc(CCCCC(=O)N2CCN(c3nc(C)nc4c3cnn4C)CC2)cc1. The summed E-state index contributed by atoms with van der Waals surface area (Å²) in [5.74, 6) is 2.78. The molecule has 1 saturated heterocycles. The number of aromatic nitrogens is 4. The fraction of sp³-hybridized carbons (Fsp3) is 0.478. The second-order valence-electron chi connectivity index (χ2n) is 8.02. The molecular weight excluding hydrogens is 392 g/mol. The van der Waals surface area contributed by atoms with Crippen LogP contribution in [0.25, 0.3) is 11.0 Å². The van der Waals surface area contributed by atoms with Crippen molar-refractivity contribution in [1.82, 2.24) is 24.6 Å². The van der Waals surface area contributed by atoms with Gasteiger partial charge in [-0.3, -0.25) is 9.48 Å². The fourth-order valence-electron chi connectivity index (χ4n) is 4.08. The minimum atomic E-state index is 0.250. The van der Waals surface area contributed by atoms with Gasteiger partial charge in [-0.15, -0.1) is 0 Å². The Morgan fingerprint density at radius 1 is 1.06 bits per heavy atom. The normalized spacial score (nSPS) is 14.3. The van der Waals surface area contributed by atoms with Crippen LogP contribution >= 0.6 is 0 Å². The maximum absolute atomic E-state index is 12.7. The summed E-state index contributed by atoms with van der Waals surface area (Å²) in [5, 5.41) is 5.29. The lowest BCUT2D eigenvalue weighted by atomic mass is 10.1. The van der Waals surface area contributed by atoms with Gasteiger partial charge in [0.05, 0.1) is 18.7 Å². The van der Waals surface area contributed by atoms with Crippen molar-refractivity contribution in [3.05, 3.63) is 41.9 Å². The van der Waals surface area contributed by atoms with Gasteiger partial charge in [-0.25, -0.2) is 9.97 Å². The molecule has 2 aromatic heterocycles. The van der Waals surface area contributed by atoms with Crippen molar-refractivity contribution in [3.63, 3.8) is 0 Å². The molecule has 0 atom stereocenters. The van der Waals surface area contributed by atoms with E-state index in [-0.39, 0.29) is 5.91 Å². The number of unbranched alkanes of at least 4 members (excludes halogenated alkanes) is 1. The van der Waals surface area contributed by atoms with Crippen LogP contribution in [0.1, 0.15) is 30.7 Å². The molecule has 0 spiro atoms. The van der Waals surface area contributed by atoms with Crippen LogP contribution in [-0.4, -0.2) is 63.8 Å². The van der Waals surface area contributed by atoms with Gasteiger partial charge in [-0.1, -0.05) is 12.1 Å². The molecule has 3 aromatic rings. The minimum absolute atomic E-state index is 0.250.